The van der Waals surface area contributed by atoms with Gasteiger partial charge in [-0.1, -0.05) is 23.4 Å². The van der Waals surface area contributed by atoms with E-state index in [0.29, 0.717) is 30.1 Å². The normalized spacial score (nSPS) is 21.4. The average Bonchev–Trinajstić information content (AvgIpc) is 3.24. The van der Waals surface area contributed by atoms with E-state index in [1.54, 1.807) is 4.68 Å². The lowest BCUT2D eigenvalue weighted by Crippen LogP contribution is -2.53. The van der Waals surface area contributed by atoms with Crippen molar-refractivity contribution in [1.82, 2.24) is 29.9 Å². The number of fused-ring (bicyclic) bond motifs is 1. The van der Waals surface area contributed by atoms with Gasteiger partial charge in [-0.3, -0.25) is 4.79 Å². The van der Waals surface area contributed by atoms with Gasteiger partial charge in [-0.25, -0.2) is 18.7 Å². The molecule has 0 radical (unpaired) electrons. The highest BCUT2D eigenvalue weighted by molar-refractivity contribution is 5.85. The second kappa shape index (κ2) is 7.80. The Labute approximate surface area is 176 Å². The molecule has 2 aromatic heterocycles. The summed E-state index contributed by atoms with van der Waals surface area (Å²) >= 11 is 0. The summed E-state index contributed by atoms with van der Waals surface area (Å²) in [4.78, 5) is 25.0. The largest absolute Gasteiger partial charge is 0.365 e. The van der Waals surface area contributed by atoms with Crippen LogP contribution in [0.2, 0.25) is 0 Å². The summed E-state index contributed by atoms with van der Waals surface area (Å²) in [5.41, 5.74) is 1.91. The van der Waals surface area contributed by atoms with E-state index in [1.165, 1.54) is 11.2 Å². The third-order valence-corrected chi connectivity index (χ3v) is 5.67. The molecule has 2 saturated heterocycles. The van der Waals surface area contributed by atoms with E-state index in [2.05, 4.69) is 20.3 Å². The molecular formula is C20H21F2N7O2. The summed E-state index contributed by atoms with van der Waals surface area (Å²) in [5, 5.41) is 8.49. The van der Waals surface area contributed by atoms with E-state index in [9.17, 15) is 13.6 Å². The average molecular weight is 429 g/mol. The minimum Gasteiger partial charge on any atom is -0.365 e. The van der Waals surface area contributed by atoms with Crippen molar-refractivity contribution in [2.75, 3.05) is 37.7 Å². The number of alkyl halides is 2. The number of amides is 1. The quantitative estimate of drug-likeness (QED) is 0.626. The van der Waals surface area contributed by atoms with Crippen molar-refractivity contribution in [3.8, 4) is 5.69 Å². The smallest absolute Gasteiger partial charge is 0.253 e. The van der Waals surface area contributed by atoms with Crippen molar-refractivity contribution in [1.29, 1.82) is 0 Å². The molecule has 1 amide bonds. The molecule has 2 aliphatic heterocycles. The number of hydrogen-bond donors (Lipinski definition) is 0. The van der Waals surface area contributed by atoms with Gasteiger partial charge in [0.1, 0.15) is 6.33 Å². The Morgan fingerprint density at radius 3 is 2.65 bits per heavy atom. The fourth-order valence-electron chi connectivity index (χ4n) is 3.96. The molecule has 4 heterocycles. The molecule has 2 aliphatic rings. The Morgan fingerprint density at radius 1 is 1.10 bits per heavy atom. The molecular weight excluding hydrogens is 408 g/mol. The monoisotopic (exact) mass is 429 g/mol. The van der Waals surface area contributed by atoms with Crippen molar-refractivity contribution in [2.45, 2.75) is 24.9 Å². The van der Waals surface area contributed by atoms with E-state index < -0.39 is 12.0 Å². The third-order valence-electron chi connectivity index (χ3n) is 5.67. The Hall–Kier alpha value is -3.21. The number of anilines is 1. The lowest BCUT2D eigenvalue weighted by Gasteiger charge is -2.37. The molecule has 0 bridgehead atoms. The van der Waals surface area contributed by atoms with Gasteiger partial charge >= 0.3 is 0 Å². The lowest BCUT2D eigenvalue weighted by molar-refractivity contribution is -0.150. The summed E-state index contributed by atoms with van der Waals surface area (Å²) in [5.74, 6) is -2.40. The number of carbonyl (C=O) groups is 1. The van der Waals surface area contributed by atoms with Crippen LogP contribution in [0.15, 0.2) is 36.7 Å². The number of carbonyl (C=O) groups excluding carboxylic acids is 1. The van der Waals surface area contributed by atoms with Gasteiger partial charge in [0.25, 0.3) is 11.8 Å². The van der Waals surface area contributed by atoms with Crippen LogP contribution >= 0.6 is 0 Å². The van der Waals surface area contributed by atoms with Crippen LogP contribution in [0.1, 0.15) is 12.8 Å². The minimum absolute atomic E-state index is 0.0366. The van der Waals surface area contributed by atoms with E-state index in [4.69, 9.17) is 4.74 Å². The number of para-hydroxylation sites is 1. The molecule has 0 N–H and O–H groups in total. The SMILES string of the molecule is O=C(C1CN(c2ncnc3c2nnn3-c2ccccc2)CCO1)N1CCC(F)(F)CC1. The minimum atomic E-state index is -2.70. The second-order valence-electron chi connectivity index (χ2n) is 7.69. The number of nitrogens with zero attached hydrogens (tertiary/aromatic N) is 7. The Kier molecular flexibility index (Phi) is 4.97. The standard InChI is InChI=1S/C20H21F2N7O2/c21-20(22)6-8-27(9-7-20)19(30)15-12-28(10-11-31-15)17-16-18(24-13-23-17)29(26-25-16)14-4-2-1-3-5-14/h1-5,13,15H,6-12H2. The third kappa shape index (κ3) is 3.80. The molecule has 5 rings (SSSR count). The number of morpholine rings is 1. The predicted molar refractivity (Wildman–Crippen MR) is 107 cm³/mol. The molecule has 11 heteroatoms. The van der Waals surface area contributed by atoms with Crippen molar-refractivity contribution in [3.05, 3.63) is 36.7 Å². The van der Waals surface area contributed by atoms with Gasteiger partial charge in [0.05, 0.1) is 18.8 Å². The maximum absolute atomic E-state index is 13.4. The number of hydrogen-bond acceptors (Lipinski definition) is 7. The Morgan fingerprint density at radius 2 is 1.87 bits per heavy atom. The molecule has 1 unspecified atom stereocenters. The first-order valence-corrected chi connectivity index (χ1v) is 10.2. The van der Waals surface area contributed by atoms with Crippen LogP contribution in [-0.2, 0) is 9.53 Å². The number of rotatable bonds is 3. The summed E-state index contributed by atoms with van der Waals surface area (Å²) in [6.45, 7) is 1.17. The topological polar surface area (TPSA) is 89.3 Å². The molecule has 0 saturated carbocycles. The first kappa shape index (κ1) is 19.7. The first-order valence-electron chi connectivity index (χ1n) is 10.2. The van der Waals surface area contributed by atoms with Gasteiger partial charge in [-0.05, 0) is 12.1 Å². The molecule has 3 aromatic rings. The van der Waals surface area contributed by atoms with Gasteiger partial charge in [0, 0.05) is 32.5 Å². The van der Waals surface area contributed by atoms with Crippen LogP contribution < -0.4 is 4.90 Å². The van der Waals surface area contributed by atoms with E-state index in [-0.39, 0.29) is 38.4 Å². The van der Waals surface area contributed by atoms with Gasteiger partial charge in [-0.15, -0.1) is 5.10 Å². The highest BCUT2D eigenvalue weighted by atomic mass is 19.3. The molecule has 162 valence electrons. The number of halogens is 2. The van der Waals surface area contributed by atoms with Crippen LogP contribution in [0.4, 0.5) is 14.6 Å². The summed E-state index contributed by atoms with van der Waals surface area (Å²) in [6, 6.07) is 9.53. The van der Waals surface area contributed by atoms with Crippen LogP contribution in [0.25, 0.3) is 16.9 Å². The van der Waals surface area contributed by atoms with Crippen LogP contribution in [0, 0.1) is 0 Å². The molecule has 9 nitrogen and oxygen atoms in total. The zero-order chi connectivity index (χ0) is 21.4. The molecule has 2 fully saturated rings. The zero-order valence-corrected chi connectivity index (χ0v) is 16.7. The van der Waals surface area contributed by atoms with Crippen LogP contribution in [0.3, 0.4) is 0 Å². The van der Waals surface area contributed by atoms with Crippen LogP contribution in [-0.4, -0.2) is 80.6 Å². The Balaban J connectivity index is 1.37. The number of aromatic nitrogens is 5. The summed E-state index contributed by atoms with van der Waals surface area (Å²) < 4.78 is 34.2. The highest BCUT2D eigenvalue weighted by Crippen LogP contribution is 2.29. The second-order valence-corrected chi connectivity index (χ2v) is 7.69. The fourth-order valence-corrected chi connectivity index (χ4v) is 3.96. The van der Waals surface area contributed by atoms with Crippen molar-refractivity contribution in [3.63, 3.8) is 0 Å². The van der Waals surface area contributed by atoms with Crippen molar-refractivity contribution >= 4 is 22.9 Å². The summed E-state index contributed by atoms with van der Waals surface area (Å²) in [6.07, 6.45) is 0.0725. The molecule has 0 spiro atoms. The number of ether oxygens (including phenoxy) is 1. The number of piperidine rings is 1. The molecule has 1 aromatic carbocycles. The molecule has 0 aliphatic carbocycles. The molecule has 31 heavy (non-hydrogen) atoms. The van der Waals surface area contributed by atoms with E-state index in [0.717, 1.165) is 5.69 Å². The van der Waals surface area contributed by atoms with Crippen molar-refractivity contribution in [2.24, 2.45) is 0 Å². The maximum Gasteiger partial charge on any atom is 0.253 e. The molecule has 1 atom stereocenters. The van der Waals surface area contributed by atoms with E-state index in [1.807, 2.05) is 35.2 Å². The summed E-state index contributed by atoms with van der Waals surface area (Å²) in [7, 11) is 0. The van der Waals surface area contributed by atoms with E-state index >= 15 is 0 Å². The Bertz CT molecular complexity index is 1080. The number of benzene rings is 1. The fraction of sp³-hybridized carbons (Fsp3) is 0.450. The van der Waals surface area contributed by atoms with Gasteiger partial charge < -0.3 is 14.5 Å². The maximum atomic E-state index is 13.4. The highest BCUT2D eigenvalue weighted by Gasteiger charge is 2.39. The van der Waals surface area contributed by atoms with Crippen LogP contribution in [0.5, 0.6) is 0 Å². The zero-order valence-electron chi connectivity index (χ0n) is 16.7. The predicted octanol–water partition coefficient (Wildman–Crippen LogP) is 1.67. The van der Waals surface area contributed by atoms with Gasteiger partial charge in [-0.2, -0.15) is 4.68 Å². The first-order chi connectivity index (χ1) is 15.0. The van der Waals surface area contributed by atoms with Gasteiger partial charge in [0.15, 0.2) is 23.1 Å². The van der Waals surface area contributed by atoms with Crippen molar-refractivity contribution < 1.29 is 18.3 Å². The number of likely N-dealkylation sites (tertiary alicyclic amines) is 1. The lowest BCUT2D eigenvalue weighted by atomic mass is 10.1. The van der Waals surface area contributed by atoms with Gasteiger partial charge in [0.2, 0.25) is 0 Å².